The Kier molecular flexibility index (Phi) is 3.70. The minimum absolute atomic E-state index is 0.0269. The zero-order valence-corrected chi connectivity index (χ0v) is 11.5. The van der Waals surface area contributed by atoms with Crippen LogP contribution in [0.3, 0.4) is 0 Å². The van der Waals surface area contributed by atoms with Gasteiger partial charge < -0.3 is 9.84 Å². The number of carboxylic acids is 1. The van der Waals surface area contributed by atoms with Crippen LogP contribution in [0.1, 0.15) is 18.7 Å². The number of hydrogen-bond donors (Lipinski definition) is 1. The van der Waals surface area contributed by atoms with Crippen LogP contribution in [0.4, 0.5) is 0 Å². The molecule has 0 aliphatic heterocycles. The molecule has 0 unspecified atom stereocenters. The third kappa shape index (κ3) is 3.11. The Bertz CT molecular complexity index is 734. The largest absolute Gasteiger partial charge is 0.480 e. The summed E-state index contributed by atoms with van der Waals surface area (Å²) in [6.07, 6.45) is 2.24. The fourth-order valence-electron chi connectivity index (χ4n) is 2.30. The monoisotopic (exact) mass is 288 g/mol. The van der Waals surface area contributed by atoms with E-state index in [1.807, 2.05) is 12.1 Å². The van der Waals surface area contributed by atoms with Crippen molar-refractivity contribution in [3.05, 3.63) is 40.4 Å². The number of hydrogen-bond acceptors (Lipinski definition) is 4. The third-order valence-corrected chi connectivity index (χ3v) is 3.54. The van der Waals surface area contributed by atoms with Gasteiger partial charge in [-0.1, -0.05) is 12.1 Å². The lowest BCUT2D eigenvalue weighted by Gasteiger charge is -2.13. The minimum Gasteiger partial charge on any atom is -0.480 e. The zero-order chi connectivity index (χ0) is 14.8. The van der Waals surface area contributed by atoms with E-state index in [0.29, 0.717) is 29.2 Å². The molecule has 6 nitrogen and oxygen atoms in total. The van der Waals surface area contributed by atoms with Gasteiger partial charge in [0.2, 0.25) is 0 Å². The molecule has 1 fully saturated rings. The van der Waals surface area contributed by atoms with Gasteiger partial charge in [0.05, 0.1) is 10.9 Å². The first-order valence-electron chi connectivity index (χ1n) is 6.93. The van der Waals surface area contributed by atoms with Crippen molar-refractivity contribution in [2.45, 2.75) is 26.0 Å². The van der Waals surface area contributed by atoms with Crippen LogP contribution in [0.5, 0.6) is 0 Å². The van der Waals surface area contributed by atoms with Gasteiger partial charge in [-0.25, -0.2) is 9.78 Å². The highest BCUT2D eigenvalue weighted by molar-refractivity contribution is 5.77. The lowest BCUT2D eigenvalue weighted by molar-refractivity contribution is -0.142. The molecule has 0 amide bonds. The molecule has 0 bridgehead atoms. The van der Waals surface area contributed by atoms with Gasteiger partial charge in [-0.15, -0.1) is 0 Å². The highest BCUT2D eigenvalue weighted by Crippen LogP contribution is 2.30. The van der Waals surface area contributed by atoms with Crippen LogP contribution in [0.25, 0.3) is 10.9 Å². The molecule has 2 aromatic rings. The van der Waals surface area contributed by atoms with Gasteiger partial charge in [0.1, 0.15) is 19.0 Å². The number of nitrogens with zero attached hydrogens (tertiary/aromatic N) is 2. The zero-order valence-electron chi connectivity index (χ0n) is 11.5. The summed E-state index contributed by atoms with van der Waals surface area (Å²) in [7, 11) is 0. The maximum absolute atomic E-state index is 12.6. The molecular formula is C15H16N2O4. The SMILES string of the molecule is O=C(O)COCc1nc2ccccc2c(=O)n1CC1CC1. The number of benzene rings is 1. The molecule has 0 atom stereocenters. The van der Waals surface area contributed by atoms with E-state index in [2.05, 4.69) is 4.98 Å². The predicted molar refractivity (Wildman–Crippen MR) is 76.0 cm³/mol. The molecule has 21 heavy (non-hydrogen) atoms. The molecule has 1 aliphatic rings. The van der Waals surface area contributed by atoms with Crippen molar-refractivity contribution in [1.29, 1.82) is 0 Å². The quantitative estimate of drug-likeness (QED) is 0.869. The van der Waals surface area contributed by atoms with E-state index < -0.39 is 12.6 Å². The maximum atomic E-state index is 12.6. The molecule has 0 saturated heterocycles. The fourth-order valence-corrected chi connectivity index (χ4v) is 2.30. The molecule has 1 aromatic carbocycles. The molecule has 0 spiro atoms. The second-order valence-electron chi connectivity index (χ2n) is 5.29. The first-order chi connectivity index (χ1) is 10.1. The second kappa shape index (κ2) is 5.65. The molecule has 110 valence electrons. The lowest BCUT2D eigenvalue weighted by atomic mass is 10.2. The van der Waals surface area contributed by atoms with Gasteiger partial charge in [-0.3, -0.25) is 9.36 Å². The maximum Gasteiger partial charge on any atom is 0.329 e. The van der Waals surface area contributed by atoms with Crippen LogP contribution in [0, 0.1) is 5.92 Å². The van der Waals surface area contributed by atoms with Crippen LogP contribution in [-0.2, 0) is 22.7 Å². The number of fused-ring (bicyclic) bond motifs is 1. The van der Waals surface area contributed by atoms with E-state index >= 15 is 0 Å². The van der Waals surface area contributed by atoms with E-state index in [9.17, 15) is 9.59 Å². The highest BCUT2D eigenvalue weighted by Gasteiger charge is 2.24. The topological polar surface area (TPSA) is 81.4 Å². The average molecular weight is 288 g/mol. The summed E-state index contributed by atoms with van der Waals surface area (Å²) in [4.78, 5) is 27.5. The number of aromatic nitrogens is 2. The lowest BCUT2D eigenvalue weighted by Crippen LogP contribution is -2.27. The van der Waals surface area contributed by atoms with Gasteiger partial charge in [0.15, 0.2) is 0 Å². The van der Waals surface area contributed by atoms with Crippen molar-refractivity contribution in [3.63, 3.8) is 0 Å². The smallest absolute Gasteiger partial charge is 0.329 e. The van der Waals surface area contributed by atoms with Crippen molar-refractivity contribution in [1.82, 2.24) is 9.55 Å². The van der Waals surface area contributed by atoms with Gasteiger partial charge in [0, 0.05) is 6.54 Å². The minimum atomic E-state index is -1.04. The van der Waals surface area contributed by atoms with E-state index in [4.69, 9.17) is 9.84 Å². The van der Waals surface area contributed by atoms with Crippen LogP contribution >= 0.6 is 0 Å². The molecule has 6 heteroatoms. The molecule has 1 aromatic heterocycles. The Balaban J connectivity index is 1.98. The number of rotatable bonds is 6. The number of carbonyl (C=O) groups is 1. The van der Waals surface area contributed by atoms with Crippen molar-refractivity contribution < 1.29 is 14.6 Å². The molecule has 1 N–H and O–H groups in total. The summed E-state index contributed by atoms with van der Waals surface area (Å²) in [5, 5.41) is 9.21. The summed E-state index contributed by atoms with van der Waals surface area (Å²) >= 11 is 0. The van der Waals surface area contributed by atoms with Gasteiger partial charge >= 0.3 is 5.97 Å². The fraction of sp³-hybridized carbons (Fsp3) is 0.400. The molecule has 3 rings (SSSR count). The summed E-state index contributed by atoms with van der Waals surface area (Å²) < 4.78 is 6.73. The Morgan fingerprint density at radius 3 is 2.86 bits per heavy atom. The average Bonchev–Trinajstić information content (AvgIpc) is 3.26. The van der Waals surface area contributed by atoms with E-state index in [1.165, 1.54) is 0 Å². The Morgan fingerprint density at radius 2 is 2.14 bits per heavy atom. The Morgan fingerprint density at radius 1 is 1.38 bits per heavy atom. The normalized spacial score (nSPS) is 14.5. The van der Waals surface area contributed by atoms with Crippen molar-refractivity contribution in [2.24, 2.45) is 5.92 Å². The molecule has 0 radical (unpaired) electrons. The number of ether oxygens (including phenoxy) is 1. The molecule has 1 heterocycles. The first kappa shape index (κ1) is 13.8. The van der Waals surface area contributed by atoms with Crippen LogP contribution in [0.15, 0.2) is 29.1 Å². The molecule has 1 aliphatic carbocycles. The first-order valence-corrected chi connectivity index (χ1v) is 6.93. The highest BCUT2D eigenvalue weighted by atomic mass is 16.5. The standard InChI is InChI=1S/C15H16N2O4/c18-14(19)9-21-8-13-16-12-4-2-1-3-11(12)15(20)17(13)7-10-5-6-10/h1-4,10H,5-9H2,(H,18,19). The van der Waals surface area contributed by atoms with Gasteiger partial charge in [-0.2, -0.15) is 0 Å². The van der Waals surface area contributed by atoms with E-state index in [-0.39, 0.29) is 12.2 Å². The number of para-hydroxylation sites is 1. The van der Waals surface area contributed by atoms with Gasteiger partial charge in [-0.05, 0) is 30.9 Å². The summed E-state index contributed by atoms with van der Waals surface area (Å²) in [5.41, 5.74) is 0.532. The summed E-state index contributed by atoms with van der Waals surface area (Å²) in [6.45, 7) is 0.258. The van der Waals surface area contributed by atoms with Gasteiger partial charge in [0.25, 0.3) is 5.56 Å². The van der Waals surface area contributed by atoms with Crippen molar-refractivity contribution >= 4 is 16.9 Å². The van der Waals surface area contributed by atoms with Crippen LogP contribution in [0.2, 0.25) is 0 Å². The Labute approximate surface area is 121 Å². The molecule has 1 saturated carbocycles. The number of aliphatic carboxylic acids is 1. The van der Waals surface area contributed by atoms with E-state index in [1.54, 1.807) is 16.7 Å². The third-order valence-electron chi connectivity index (χ3n) is 3.54. The number of carboxylic acid groups (broad SMARTS) is 1. The Hall–Kier alpha value is -2.21. The summed E-state index contributed by atoms with van der Waals surface area (Å²) in [5.74, 6) is -0.0254. The second-order valence-corrected chi connectivity index (χ2v) is 5.29. The van der Waals surface area contributed by atoms with Crippen molar-refractivity contribution in [3.8, 4) is 0 Å². The van der Waals surface area contributed by atoms with Crippen LogP contribution in [-0.4, -0.2) is 27.2 Å². The molecular weight excluding hydrogens is 272 g/mol. The summed E-state index contributed by atoms with van der Waals surface area (Å²) in [6, 6.07) is 7.17. The van der Waals surface area contributed by atoms with Crippen LogP contribution < -0.4 is 5.56 Å². The predicted octanol–water partition coefficient (Wildman–Crippen LogP) is 1.41. The van der Waals surface area contributed by atoms with Crippen molar-refractivity contribution in [2.75, 3.05) is 6.61 Å². The van der Waals surface area contributed by atoms with E-state index in [0.717, 1.165) is 12.8 Å².